The third kappa shape index (κ3) is 3.91. The molecule has 0 aliphatic rings. The molecule has 0 radical (unpaired) electrons. The van der Waals surface area contributed by atoms with Crippen LogP contribution in [0.2, 0.25) is 0 Å². The summed E-state index contributed by atoms with van der Waals surface area (Å²) < 4.78 is 0. The van der Waals surface area contributed by atoms with Crippen LogP contribution in [0.15, 0.2) is 40.2 Å². The van der Waals surface area contributed by atoms with Crippen molar-refractivity contribution in [1.29, 1.82) is 0 Å². The molecule has 0 aromatic carbocycles. The van der Waals surface area contributed by atoms with Gasteiger partial charge in [0.2, 0.25) is 5.91 Å². The van der Waals surface area contributed by atoms with E-state index >= 15 is 0 Å². The first-order chi connectivity index (χ1) is 10.5. The number of carbonyl (C=O) groups excluding carboxylic acids is 1. The van der Waals surface area contributed by atoms with Gasteiger partial charge in [0.25, 0.3) is 11.1 Å². The van der Waals surface area contributed by atoms with Crippen molar-refractivity contribution in [1.82, 2.24) is 20.5 Å². The fourth-order valence-corrected chi connectivity index (χ4v) is 2.18. The normalized spacial score (nSPS) is 12.1. The lowest BCUT2D eigenvalue weighted by Gasteiger charge is -2.22. The van der Waals surface area contributed by atoms with Crippen molar-refractivity contribution < 1.29 is 4.79 Å². The summed E-state index contributed by atoms with van der Waals surface area (Å²) in [5, 5.41) is 7.25. The number of amides is 1. The fourth-order valence-electron chi connectivity index (χ4n) is 2.18. The quantitative estimate of drug-likeness (QED) is 0.748. The van der Waals surface area contributed by atoms with Gasteiger partial charge in [-0.1, -0.05) is 19.9 Å². The minimum atomic E-state index is -0.475. The van der Waals surface area contributed by atoms with Crippen LogP contribution in [0.1, 0.15) is 31.0 Å². The first-order valence-corrected chi connectivity index (χ1v) is 6.97. The zero-order chi connectivity index (χ0) is 16.1. The third-order valence-corrected chi connectivity index (χ3v) is 3.27. The molecule has 0 saturated carbocycles. The van der Waals surface area contributed by atoms with Crippen molar-refractivity contribution >= 4 is 5.91 Å². The number of aromatic nitrogens is 3. The van der Waals surface area contributed by atoms with E-state index in [1.165, 1.54) is 0 Å². The van der Waals surface area contributed by atoms with Crippen LogP contribution in [-0.4, -0.2) is 21.1 Å². The Balaban J connectivity index is 2.14. The molecule has 1 unspecified atom stereocenters. The Morgan fingerprint density at radius 3 is 2.73 bits per heavy atom. The second-order valence-corrected chi connectivity index (χ2v) is 5.37. The predicted molar refractivity (Wildman–Crippen MR) is 81.3 cm³/mol. The molecule has 7 nitrogen and oxygen atoms in total. The molecule has 3 N–H and O–H groups in total. The van der Waals surface area contributed by atoms with Gasteiger partial charge in [-0.2, -0.15) is 0 Å². The largest absolute Gasteiger partial charge is 0.349 e. The van der Waals surface area contributed by atoms with Gasteiger partial charge in [-0.05, 0) is 17.5 Å². The van der Waals surface area contributed by atoms with Crippen LogP contribution in [0.4, 0.5) is 0 Å². The Bertz CT molecular complexity index is 749. The molecule has 116 valence electrons. The van der Waals surface area contributed by atoms with E-state index in [-0.39, 0.29) is 29.9 Å². The van der Waals surface area contributed by atoms with Crippen LogP contribution >= 0.6 is 0 Å². The molecule has 2 aromatic heterocycles. The van der Waals surface area contributed by atoms with Crippen LogP contribution in [0.25, 0.3) is 0 Å². The molecule has 2 rings (SSSR count). The molecule has 22 heavy (non-hydrogen) atoms. The second-order valence-electron chi connectivity index (χ2n) is 5.37. The Hall–Kier alpha value is -2.70. The topological polar surface area (TPSA) is 108 Å². The number of aromatic amines is 2. The summed E-state index contributed by atoms with van der Waals surface area (Å²) in [7, 11) is 0. The molecule has 0 aliphatic carbocycles. The van der Waals surface area contributed by atoms with E-state index in [1.54, 1.807) is 18.5 Å². The van der Waals surface area contributed by atoms with Gasteiger partial charge in [0.15, 0.2) is 0 Å². The van der Waals surface area contributed by atoms with E-state index in [4.69, 9.17) is 0 Å². The number of nitrogens with zero attached hydrogens (tertiary/aromatic N) is 1. The summed E-state index contributed by atoms with van der Waals surface area (Å²) in [5.74, 6) is -0.163. The lowest BCUT2D eigenvalue weighted by molar-refractivity contribution is -0.121. The average Bonchev–Trinajstić information content (AvgIpc) is 2.49. The molecule has 0 bridgehead atoms. The Morgan fingerprint density at radius 2 is 2.09 bits per heavy atom. The zero-order valence-corrected chi connectivity index (χ0v) is 12.4. The molecule has 0 aliphatic heterocycles. The minimum Gasteiger partial charge on any atom is -0.349 e. The molecular weight excluding hydrogens is 284 g/mol. The highest BCUT2D eigenvalue weighted by atomic mass is 16.2. The first-order valence-electron chi connectivity index (χ1n) is 6.97. The Morgan fingerprint density at radius 1 is 1.32 bits per heavy atom. The highest BCUT2D eigenvalue weighted by molar-refractivity contribution is 5.78. The first kappa shape index (κ1) is 15.7. The van der Waals surface area contributed by atoms with Crippen LogP contribution in [-0.2, 0) is 11.2 Å². The van der Waals surface area contributed by atoms with Gasteiger partial charge >= 0.3 is 0 Å². The van der Waals surface area contributed by atoms with Gasteiger partial charge in [-0.3, -0.25) is 29.6 Å². The van der Waals surface area contributed by atoms with Crippen LogP contribution in [0.3, 0.4) is 0 Å². The number of nitrogens with one attached hydrogen (secondary N) is 3. The summed E-state index contributed by atoms with van der Waals surface area (Å²) in [5.41, 5.74) is 0.105. The maximum Gasteiger partial charge on any atom is 0.266 e. The Labute approximate surface area is 126 Å². The lowest BCUT2D eigenvalue weighted by Crippen LogP contribution is -2.35. The number of H-pyrrole nitrogens is 2. The van der Waals surface area contributed by atoms with Crippen molar-refractivity contribution in [3.63, 3.8) is 0 Å². The van der Waals surface area contributed by atoms with Gasteiger partial charge in [0.05, 0.1) is 12.5 Å². The third-order valence-electron chi connectivity index (χ3n) is 3.27. The van der Waals surface area contributed by atoms with Crippen molar-refractivity contribution in [2.75, 3.05) is 0 Å². The van der Waals surface area contributed by atoms with Crippen molar-refractivity contribution in [2.45, 2.75) is 26.3 Å². The van der Waals surface area contributed by atoms with Crippen LogP contribution in [0.5, 0.6) is 0 Å². The molecule has 0 fully saturated rings. The summed E-state index contributed by atoms with van der Waals surface area (Å²) in [6.45, 7) is 3.97. The van der Waals surface area contributed by atoms with Gasteiger partial charge in [0, 0.05) is 24.0 Å². The van der Waals surface area contributed by atoms with Crippen LogP contribution in [0, 0.1) is 5.92 Å². The SMILES string of the molecule is CC(C)C(NC(=O)Cc1cc(=O)[nH][nH]c1=O)c1cccnc1. The van der Waals surface area contributed by atoms with E-state index in [0.29, 0.717) is 0 Å². The minimum absolute atomic E-state index is 0.134. The van der Waals surface area contributed by atoms with E-state index < -0.39 is 11.1 Å². The van der Waals surface area contributed by atoms with Crippen molar-refractivity contribution in [3.05, 3.63) is 62.4 Å². The maximum atomic E-state index is 12.2. The van der Waals surface area contributed by atoms with Gasteiger partial charge in [-0.25, -0.2) is 0 Å². The molecule has 1 amide bonds. The maximum absolute atomic E-state index is 12.2. The standard InChI is InChI=1S/C15H18N4O3/c1-9(2)14(10-4-3-5-16-8-10)17-12(20)6-11-7-13(21)18-19-15(11)22/h3-5,7-9,14H,6H2,1-2H3,(H,17,20)(H,18,21)(H,19,22). The molecular formula is C15H18N4O3. The number of rotatable bonds is 5. The zero-order valence-electron chi connectivity index (χ0n) is 12.4. The van der Waals surface area contributed by atoms with Crippen molar-refractivity contribution in [3.8, 4) is 0 Å². The number of hydrogen-bond donors (Lipinski definition) is 3. The van der Waals surface area contributed by atoms with Gasteiger partial charge in [0.1, 0.15) is 0 Å². The molecule has 0 saturated heterocycles. The van der Waals surface area contributed by atoms with Crippen molar-refractivity contribution in [2.24, 2.45) is 5.92 Å². The van der Waals surface area contributed by atoms with Gasteiger partial charge in [-0.15, -0.1) is 0 Å². The lowest BCUT2D eigenvalue weighted by atomic mass is 9.97. The molecule has 1 atom stereocenters. The van der Waals surface area contributed by atoms with E-state index in [9.17, 15) is 14.4 Å². The van der Waals surface area contributed by atoms with Gasteiger partial charge < -0.3 is 5.32 Å². The van der Waals surface area contributed by atoms with E-state index in [1.807, 2.05) is 19.9 Å². The fraction of sp³-hybridized carbons (Fsp3) is 0.333. The average molecular weight is 302 g/mol. The summed E-state index contributed by atoms with van der Waals surface area (Å²) in [4.78, 5) is 39.0. The molecule has 2 aromatic rings. The van der Waals surface area contributed by atoms with E-state index in [0.717, 1.165) is 11.6 Å². The molecule has 2 heterocycles. The van der Waals surface area contributed by atoms with Crippen LogP contribution < -0.4 is 16.4 Å². The smallest absolute Gasteiger partial charge is 0.266 e. The molecule has 7 heteroatoms. The Kier molecular flexibility index (Phi) is 4.88. The second kappa shape index (κ2) is 6.84. The number of carbonyl (C=O) groups is 1. The summed E-state index contributed by atoms with van der Waals surface area (Å²) >= 11 is 0. The monoisotopic (exact) mass is 302 g/mol. The predicted octanol–water partition coefficient (Wildman–Crippen LogP) is 0.514. The summed E-state index contributed by atoms with van der Waals surface area (Å²) in [6, 6.07) is 4.62. The number of hydrogen-bond acceptors (Lipinski definition) is 4. The summed E-state index contributed by atoms with van der Waals surface area (Å²) in [6.07, 6.45) is 3.21. The number of pyridine rings is 1. The highest BCUT2D eigenvalue weighted by Crippen LogP contribution is 2.20. The highest BCUT2D eigenvalue weighted by Gasteiger charge is 2.19. The molecule has 0 spiro atoms. The van der Waals surface area contributed by atoms with E-state index in [2.05, 4.69) is 20.5 Å².